The van der Waals surface area contributed by atoms with Crippen LogP contribution in [0.3, 0.4) is 0 Å². The molecular formula is C27H20BrClN2O5S. The molecule has 2 aromatic carbocycles. The van der Waals surface area contributed by atoms with Gasteiger partial charge in [0, 0.05) is 26.7 Å². The Balaban J connectivity index is 1.69. The van der Waals surface area contributed by atoms with E-state index in [1.165, 1.54) is 30.1 Å². The number of halogens is 2. The molecule has 0 radical (unpaired) electrons. The summed E-state index contributed by atoms with van der Waals surface area (Å²) in [5, 5.41) is 0.437. The Labute approximate surface area is 229 Å². The SMILES string of the molecule is COC(=O)C1=C(C)N=c2s/c(=C\c3ccc(-c4cccc(Br)c4)o3)c(=O)n2[C@H]1c1cc(Cl)ccc1OC. The molecule has 0 amide bonds. The second kappa shape index (κ2) is 10.2. The standard InChI is InChI=1S/C27H20BrClN2O5S/c1-14-23(26(33)35-3)24(19-12-17(29)7-9-21(19)34-2)31-25(32)22(37-27(31)30-14)13-18-8-10-20(36-18)15-5-4-6-16(28)11-15/h4-13,24H,1-3H3/b22-13-/t24-/m0/s1. The normalized spacial score (nSPS) is 15.4. The van der Waals surface area contributed by atoms with Crippen LogP contribution in [0.2, 0.25) is 5.02 Å². The highest BCUT2D eigenvalue weighted by atomic mass is 79.9. The maximum Gasteiger partial charge on any atom is 0.338 e. The minimum Gasteiger partial charge on any atom is -0.496 e. The summed E-state index contributed by atoms with van der Waals surface area (Å²) < 4.78 is 19.4. The van der Waals surface area contributed by atoms with Gasteiger partial charge in [-0.3, -0.25) is 9.36 Å². The van der Waals surface area contributed by atoms with Gasteiger partial charge in [-0.05, 0) is 49.4 Å². The summed E-state index contributed by atoms with van der Waals surface area (Å²) >= 11 is 11.0. The first-order chi connectivity index (χ1) is 17.8. The second-order valence-corrected chi connectivity index (χ2v) is 10.5. The highest BCUT2D eigenvalue weighted by Gasteiger charge is 2.35. The van der Waals surface area contributed by atoms with Crippen LogP contribution in [-0.2, 0) is 9.53 Å². The van der Waals surface area contributed by atoms with Crippen molar-refractivity contribution in [3.63, 3.8) is 0 Å². The van der Waals surface area contributed by atoms with Gasteiger partial charge >= 0.3 is 5.97 Å². The van der Waals surface area contributed by atoms with E-state index >= 15 is 0 Å². The summed E-state index contributed by atoms with van der Waals surface area (Å²) in [6.07, 6.45) is 1.68. The minimum absolute atomic E-state index is 0.233. The molecule has 1 aliphatic rings. The van der Waals surface area contributed by atoms with Crippen molar-refractivity contribution in [1.82, 2.24) is 4.57 Å². The molecule has 0 spiro atoms. The third-order valence-corrected chi connectivity index (χ3v) is 7.63. The summed E-state index contributed by atoms with van der Waals surface area (Å²) in [7, 11) is 2.81. The van der Waals surface area contributed by atoms with Crippen molar-refractivity contribution in [3.05, 3.63) is 106 Å². The van der Waals surface area contributed by atoms with Gasteiger partial charge in [-0.2, -0.15) is 0 Å². The fraction of sp³-hybridized carbons (Fsp3) is 0.148. The molecule has 2 aromatic heterocycles. The van der Waals surface area contributed by atoms with E-state index in [4.69, 9.17) is 25.5 Å². The monoisotopic (exact) mass is 598 g/mol. The van der Waals surface area contributed by atoms with E-state index < -0.39 is 12.0 Å². The number of ether oxygens (including phenoxy) is 2. The molecule has 0 fully saturated rings. The number of carbonyl (C=O) groups is 1. The van der Waals surface area contributed by atoms with Gasteiger partial charge in [0.25, 0.3) is 5.56 Å². The Morgan fingerprint density at radius 2 is 2.00 bits per heavy atom. The Morgan fingerprint density at radius 1 is 1.19 bits per heavy atom. The number of aromatic nitrogens is 1. The van der Waals surface area contributed by atoms with Gasteiger partial charge in [-0.25, -0.2) is 9.79 Å². The number of hydrogen-bond acceptors (Lipinski definition) is 7. The number of thiazole rings is 1. The summed E-state index contributed by atoms with van der Waals surface area (Å²) in [5.74, 6) is 1.07. The van der Waals surface area contributed by atoms with Gasteiger partial charge in [-0.1, -0.05) is 51.0 Å². The number of furan rings is 1. The number of methoxy groups -OCH3 is 2. The molecule has 0 saturated carbocycles. The predicted octanol–water partition coefficient (Wildman–Crippen LogP) is 5.09. The van der Waals surface area contributed by atoms with Crippen LogP contribution in [0.4, 0.5) is 0 Å². The lowest BCUT2D eigenvalue weighted by atomic mass is 9.95. The summed E-state index contributed by atoms with van der Waals surface area (Å²) in [5.41, 5.74) is 1.80. The molecule has 4 aromatic rings. The summed E-state index contributed by atoms with van der Waals surface area (Å²) in [6, 6.07) is 15.6. The van der Waals surface area contributed by atoms with Crippen LogP contribution in [-0.4, -0.2) is 24.8 Å². The highest BCUT2D eigenvalue weighted by molar-refractivity contribution is 9.10. The van der Waals surface area contributed by atoms with Crippen LogP contribution in [0, 0.1) is 0 Å². The molecular weight excluding hydrogens is 580 g/mol. The third kappa shape index (κ3) is 4.70. The highest BCUT2D eigenvalue weighted by Crippen LogP contribution is 2.37. The van der Waals surface area contributed by atoms with Gasteiger partial charge < -0.3 is 13.9 Å². The fourth-order valence-corrected chi connectivity index (χ4v) is 5.87. The van der Waals surface area contributed by atoms with Gasteiger partial charge in [0.2, 0.25) is 0 Å². The number of fused-ring (bicyclic) bond motifs is 1. The fourth-order valence-electron chi connectivity index (χ4n) is 4.26. The van der Waals surface area contributed by atoms with Gasteiger partial charge in [0.15, 0.2) is 4.80 Å². The van der Waals surface area contributed by atoms with Crippen LogP contribution in [0.5, 0.6) is 5.75 Å². The van der Waals surface area contributed by atoms with Crippen molar-refractivity contribution in [2.75, 3.05) is 14.2 Å². The van der Waals surface area contributed by atoms with Gasteiger partial charge in [0.1, 0.15) is 23.3 Å². The molecule has 0 unspecified atom stereocenters. The molecule has 0 N–H and O–H groups in total. The second-order valence-electron chi connectivity index (χ2n) is 8.17. The van der Waals surface area contributed by atoms with Crippen LogP contribution >= 0.6 is 38.9 Å². The number of nitrogens with zero attached hydrogens (tertiary/aromatic N) is 2. The maximum absolute atomic E-state index is 13.8. The van der Waals surface area contributed by atoms with Crippen molar-refractivity contribution >= 4 is 50.9 Å². The number of esters is 1. The number of allylic oxidation sites excluding steroid dienone is 1. The maximum atomic E-state index is 13.8. The zero-order valence-corrected chi connectivity index (χ0v) is 23.1. The van der Waals surface area contributed by atoms with Crippen molar-refractivity contribution in [3.8, 4) is 17.1 Å². The molecule has 0 bridgehead atoms. The molecule has 0 saturated heterocycles. The number of carbonyl (C=O) groups excluding carboxylic acids is 1. The third-order valence-electron chi connectivity index (χ3n) is 5.92. The zero-order chi connectivity index (χ0) is 26.3. The van der Waals surface area contributed by atoms with E-state index in [9.17, 15) is 9.59 Å². The van der Waals surface area contributed by atoms with Crippen molar-refractivity contribution in [2.24, 2.45) is 4.99 Å². The predicted molar refractivity (Wildman–Crippen MR) is 146 cm³/mol. The molecule has 37 heavy (non-hydrogen) atoms. The summed E-state index contributed by atoms with van der Waals surface area (Å²) in [4.78, 5) is 31.6. The first-order valence-electron chi connectivity index (χ1n) is 11.1. The first kappa shape index (κ1) is 25.3. The minimum atomic E-state index is -0.840. The Morgan fingerprint density at radius 3 is 2.73 bits per heavy atom. The zero-order valence-electron chi connectivity index (χ0n) is 20.0. The van der Waals surface area contributed by atoms with E-state index in [1.54, 1.807) is 37.3 Å². The number of benzene rings is 2. The molecule has 1 aliphatic heterocycles. The Hall–Kier alpha value is -3.40. The smallest absolute Gasteiger partial charge is 0.338 e. The van der Waals surface area contributed by atoms with E-state index in [0.717, 1.165) is 10.0 Å². The van der Waals surface area contributed by atoms with Crippen LogP contribution in [0.15, 0.2) is 84.5 Å². The number of rotatable bonds is 5. The topological polar surface area (TPSA) is 83.0 Å². The lowest BCUT2D eigenvalue weighted by Gasteiger charge is -2.25. The average molecular weight is 600 g/mol. The molecule has 7 nitrogen and oxygen atoms in total. The molecule has 1 atom stereocenters. The summed E-state index contributed by atoms with van der Waals surface area (Å²) in [6.45, 7) is 1.71. The Kier molecular flexibility index (Phi) is 6.94. The van der Waals surface area contributed by atoms with Crippen molar-refractivity contribution < 1.29 is 18.7 Å². The van der Waals surface area contributed by atoms with Gasteiger partial charge in [-0.15, -0.1) is 0 Å². The largest absolute Gasteiger partial charge is 0.496 e. The van der Waals surface area contributed by atoms with E-state index in [2.05, 4.69) is 20.9 Å². The quantitative estimate of drug-likeness (QED) is 0.299. The van der Waals surface area contributed by atoms with Crippen molar-refractivity contribution in [2.45, 2.75) is 13.0 Å². The van der Waals surface area contributed by atoms with Crippen molar-refractivity contribution in [1.29, 1.82) is 0 Å². The number of hydrogen-bond donors (Lipinski definition) is 0. The van der Waals surface area contributed by atoms with E-state index in [1.807, 2.05) is 30.3 Å². The van der Waals surface area contributed by atoms with E-state index in [0.29, 0.717) is 42.9 Å². The molecule has 10 heteroatoms. The molecule has 0 aliphatic carbocycles. The van der Waals surface area contributed by atoms with Gasteiger partial charge in [0.05, 0.1) is 30.0 Å². The molecule has 188 valence electrons. The van der Waals surface area contributed by atoms with Crippen LogP contribution in [0.1, 0.15) is 24.3 Å². The average Bonchev–Trinajstić information content (AvgIpc) is 3.47. The molecule has 5 rings (SSSR count). The van der Waals surface area contributed by atoms with E-state index in [-0.39, 0.29) is 11.1 Å². The van der Waals surface area contributed by atoms with Crippen LogP contribution in [0.25, 0.3) is 17.4 Å². The Bertz CT molecular complexity index is 1750. The first-order valence-corrected chi connectivity index (χ1v) is 13.1. The lowest BCUT2D eigenvalue weighted by molar-refractivity contribution is -0.136. The molecule has 3 heterocycles. The van der Waals surface area contributed by atoms with Crippen LogP contribution < -0.4 is 19.6 Å². The lowest BCUT2D eigenvalue weighted by Crippen LogP contribution is -2.40.